The molecule has 0 spiro atoms. The highest BCUT2D eigenvalue weighted by Gasteiger charge is 2.18. The molecule has 1 saturated heterocycles. The summed E-state index contributed by atoms with van der Waals surface area (Å²) in [4.78, 5) is 2.40. The molecule has 12 heavy (non-hydrogen) atoms. The van der Waals surface area contributed by atoms with Crippen LogP contribution in [0.4, 0.5) is 0 Å². The Bertz CT molecular complexity index is 125. The van der Waals surface area contributed by atoms with Crippen LogP contribution < -0.4 is 0 Å². The van der Waals surface area contributed by atoms with Gasteiger partial charge in [0.05, 0.1) is 6.10 Å². The van der Waals surface area contributed by atoms with Gasteiger partial charge >= 0.3 is 0 Å². The molecule has 1 unspecified atom stereocenters. The van der Waals surface area contributed by atoms with E-state index >= 15 is 0 Å². The highest BCUT2D eigenvalue weighted by molar-refractivity contribution is 4.72. The molecule has 0 amide bonds. The van der Waals surface area contributed by atoms with Gasteiger partial charge in [-0.15, -0.1) is 0 Å². The van der Waals surface area contributed by atoms with Crippen molar-refractivity contribution in [2.45, 2.75) is 32.8 Å². The third kappa shape index (κ3) is 3.55. The quantitative estimate of drug-likeness (QED) is 0.639. The predicted molar refractivity (Wildman–Crippen MR) is 51.3 cm³/mol. The van der Waals surface area contributed by atoms with Crippen molar-refractivity contribution in [2.75, 3.05) is 26.7 Å². The number of likely N-dealkylation sites (tertiary alicyclic amines) is 1. The highest BCUT2D eigenvalue weighted by atomic mass is 16.5. The van der Waals surface area contributed by atoms with E-state index in [9.17, 15) is 0 Å². The van der Waals surface area contributed by atoms with E-state index in [0.29, 0.717) is 6.10 Å². The van der Waals surface area contributed by atoms with Crippen LogP contribution in [0, 0.1) is 5.92 Å². The molecule has 72 valence electrons. The van der Waals surface area contributed by atoms with E-state index in [1.807, 2.05) is 0 Å². The second kappa shape index (κ2) is 4.83. The molecule has 1 aliphatic rings. The second-order valence-corrected chi connectivity index (χ2v) is 4.13. The molecule has 1 heterocycles. The van der Waals surface area contributed by atoms with E-state index in [1.165, 1.54) is 25.9 Å². The fourth-order valence-corrected chi connectivity index (χ4v) is 1.73. The van der Waals surface area contributed by atoms with Gasteiger partial charge in [-0.05, 0) is 46.2 Å². The first-order valence-electron chi connectivity index (χ1n) is 4.98. The zero-order valence-corrected chi connectivity index (χ0v) is 8.55. The summed E-state index contributed by atoms with van der Waals surface area (Å²) in [5.74, 6) is 0.883. The van der Waals surface area contributed by atoms with E-state index in [1.54, 1.807) is 0 Å². The predicted octanol–water partition coefficient (Wildman–Crippen LogP) is 1.75. The third-order valence-electron chi connectivity index (χ3n) is 2.47. The van der Waals surface area contributed by atoms with Crippen molar-refractivity contribution < 1.29 is 4.74 Å². The molecule has 0 aliphatic carbocycles. The van der Waals surface area contributed by atoms with Gasteiger partial charge in [-0.25, -0.2) is 0 Å². The van der Waals surface area contributed by atoms with Crippen molar-refractivity contribution in [3.05, 3.63) is 0 Å². The average molecular weight is 171 g/mol. The van der Waals surface area contributed by atoms with E-state index in [2.05, 4.69) is 25.8 Å². The first-order valence-corrected chi connectivity index (χ1v) is 4.98. The summed E-state index contributed by atoms with van der Waals surface area (Å²) in [5.41, 5.74) is 0. The number of hydrogen-bond acceptors (Lipinski definition) is 2. The van der Waals surface area contributed by atoms with Gasteiger partial charge in [-0.2, -0.15) is 0 Å². The minimum absolute atomic E-state index is 0.393. The molecule has 0 radical (unpaired) electrons. The number of nitrogens with zero attached hydrogens (tertiary/aromatic N) is 1. The monoisotopic (exact) mass is 171 g/mol. The lowest BCUT2D eigenvalue weighted by Crippen LogP contribution is -2.15. The van der Waals surface area contributed by atoms with Crippen LogP contribution in [0.25, 0.3) is 0 Å². The molecule has 0 aromatic rings. The van der Waals surface area contributed by atoms with Gasteiger partial charge in [0.25, 0.3) is 0 Å². The maximum absolute atomic E-state index is 5.52. The Morgan fingerprint density at radius 1 is 1.50 bits per heavy atom. The Kier molecular flexibility index (Phi) is 4.02. The average Bonchev–Trinajstić information content (AvgIpc) is 2.35. The van der Waals surface area contributed by atoms with Gasteiger partial charge in [-0.1, -0.05) is 0 Å². The van der Waals surface area contributed by atoms with E-state index in [-0.39, 0.29) is 0 Å². The summed E-state index contributed by atoms with van der Waals surface area (Å²) in [6.45, 7) is 7.67. The Labute approximate surface area is 75.9 Å². The van der Waals surface area contributed by atoms with Crippen molar-refractivity contribution >= 4 is 0 Å². The summed E-state index contributed by atoms with van der Waals surface area (Å²) < 4.78 is 5.52. The molecule has 0 bridgehead atoms. The van der Waals surface area contributed by atoms with Crippen molar-refractivity contribution in [3.63, 3.8) is 0 Å². The van der Waals surface area contributed by atoms with Crippen molar-refractivity contribution in [1.29, 1.82) is 0 Å². The minimum Gasteiger partial charge on any atom is -0.379 e. The molecular weight excluding hydrogens is 150 g/mol. The molecule has 1 atom stereocenters. The SMILES string of the molecule is CC(C)OCCC1CCN(C)C1. The zero-order valence-electron chi connectivity index (χ0n) is 8.55. The fraction of sp³-hybridized carbons (Fsp3) is 1.00. The Hall–Kier alpha value is -0.0800. The van der Waals surface area contributed by atoms with Crippen molar-refractivity contribution in [1.82, 2.24) is 4.90 Å². The zero-order chi connectivity index (χ0) is 8.97. The molecule has 1 aliphatic heterocycles. The number of rotatable bonds is 4. The Balaban J connectivity index is 2.00. The van der Waals surface area contributed by atoms with Gasteiger partial charge in [0, 0.05) is 13.2 Å². The fourth-order valence-electron chi connectivity index (χ4n) is 1.73. The molecular formula is C10H21NO. The summed E-state index contributed by atoms with van der Waals surface area (Å²) >= 11 is 0. The molecule has 0 N–H and O–H groups in total. The smallest absolute Gasteiger partial charge is 0.0518 e. The normalized spacial score (nSPS) is 25.5. The molecule has 0 saturated carbocycles. The van der Waals surface area contributed by atoms with Gasteiger partial charge in [0.15, 0.2) is 0 Å². The van der Waals surface area contributed by atoms with Crippen LogP contribution in [-0.2, 0) is 4.74 Å². The Morgan fingerprint density at radius 3 is 2.75 bits per heavy atom. The third-order valence-corrected chi connectivity index (χ3v) is 2.47. The van der Waals surface area contributed by atoms with Crippen LogP contribution in [0.5, 0.6) is 0 Å². The van der Waals surface area contributed by atoms with E-state index in [0.717, 1.165) is 12.5 Å². The standard InChI is InChI=1S/C10H21NO/c1-9(2)12-7-5-10-4-6-11(3)8-10/h9-10H,4-8H2,1-3H3. The minimum atomic E-state index is 0.393. The second-order valence-electron chi connectivity index (χ2n) is 4.13. The van der Waals surface area contributed by atoms with Crippen molar-refractivity contribution in [3.8, 4) is 0 Å². The summed E-state index contributed by atoms with van der Waals surface area (Å²) in [6.07, 6.45) is 2.99. The maximum Gasteiger partial charge on any atom is 0.0518 e. The number of hydrogen-bond donors (Lipinski definition) is 0. The van der Waals surface area contributed by atoms with Crippen LogP contribution in [0.3, 0.4) is 0 Å². The van der Waals surface area contributed by atoms with Gasteiger partial charge in [-0.3, -0.25) is 0 Å². The highest BCUT2D eigenvalue weighted by Crippen LogP contribution is 2.17. The van der Waals surface area contributed by atoms with Crippen LogP contribution in [-0.4, -0.2) is 37.7 Å². The molecule has 2 nitrogen and oxygen atoms in total. The van der Waals surface area contributed by atoms with Crippen molar-refractivity contribution in [2.24, 2.45) is 5.92 Å². The molecule has 0 aromatic heterocycles. The lowest BCUT2D eigenvalue weighted by atomic mass is 10.1. The van der Waals surface area contributed by atoms with Crippen LogP contribution in [0.2, 0.25) is 0 Å². The van der Waals surface area contributed by atoms with Crippen LogP contribution in [0.15, 0.2) is 0 Å². The molecule has 1 rings (SSSR count). The van der Waals surface area contributed by atoms with Crippen LogP contribution in [0.1, 0.15) is 26.7 Å². The molecule has 2 heteroatoms. The maximum atomic E-state index is 5.52. The lowest BCUT2D eigenvalue weighted by Gasteiger charge is -2.12. The number of ether oxygens (including phenoxy) is 1. The molecule has 0 aromatic carbocycles. The van der Waals surface area contributed by atoms with Gasteiger partial charge < -0.3 is 9.64 Å². The first kappa shape index (κ1) is 10.0. The van der Waals surface area contributed by atoms with Crippen LogP contribution >= 0.6 is 0 Å². The summed E-state index contributed by atoms with van der Waals surface area (Å²) in [7, 11) is 2.20. The topological polar surface area (TPSA) is 12.5 Å². The van der Waals surface area contributed by atoms with E-state index < -0.39 is 0 Å². The largest absolute Gasteiger partial charge is 0.379 e. The van der Waals surface area contributed by atoms with Gasteiger partial charge in [0.2, 0.25) is 0 Å². The lowest BCUT2D eigenvalue weighted by molar-refractivity contribution is 0.0691. The first-order chi connectivity index (χ1) is 5.68. The van der Waals surface area contributed by atoms with Gasteiger partial charge in [0.1, 0.15) is 0 Å². The summed E-state index contributed by atoms with van der Waals surface area (Å²) in [5, 5.41) is 0. The summed E-state index contributed by atoms with van der Waals surface area (Å²) in [6, 6.07) is 0. The Morgan fingerprint density at radius 2 is 2.25 bits per heavy atom. The molecule has 1 fully saturated rings. The van der Waals surface area contributed by atoms with E-state index in [4.69, 9.17) is 4.74 Å².